The van der Waals surface area contributed by atoms with Gasteiger partial charge in [-0.2, -0.15) is 0 Å². The van der Waals surface area contributed by atoms with Gasteiger partial charge in [0.15, 0.2) is 17.5 Å². The van der Waals surface area contributed by atoms with Crippen LogP contribution in [-0.2, 0) is 5.41 Å². The van der Waals surface area contributed by atoms with Crippen molar-refractivity contribution in [1.82, 2.24) is 5.32 Å². The SMILES string of the molecule is CCNC(=NCC(C)(C)c1cccs1)Nc1ccc(OC)c(OC)c1.I. The maximum Gasteiger partial charge on any atom is 0.195 e. The number of hydrogen-bond donors (Lipinski definition) is 2. The Morgan fingerprint density at radius 1 is 1.15 bits per heavy atom. The maximum atomic E-state index is 5.36. The molecule has 7 heteroatoms. The molecule has 0 amide bonds. The highest BCUT2D eigenvalue weighted by atomic mass is 127. The van der Waals surface area contributed by atoms with E-state index in [4.69, 9.17) is 14.5 Å². The average Bonchev–Trinajstić information content (AvgIpc) is 3.15. The molecule has 5 nitrogen and oxygen atoms in total. The third-order valence-electron chi connectivity index (χ3n) is 3.81. The van der Waals surface area contributed by atoms with Gasteiger partial charge in [0, 0.05) is 28.6 Å². The minimum atomic E-state index is -0.00584. The van der Waals surface area contributed by atoms with E-state index in [1.807, 2.05) is 18.2 Å². The number of methoxy groups -OCH3 is 2. The van der Waals surface area contributed by atoms with Crippen LogP contribution in [0, 0.1) is 0 Å². The Bertz CT molecular complexity index is 703. The molecule has 1 aromatic heterocycles. The summed E-state index contributed by atoms with van der Waals surface area (Å²) in [5.74, 6) is 2.13. The zero-order valence-electron chi connectivity index (χ0n) is 16.0. The molecule has 0 unspecified atom stereocenters. The molecule has 0 fully saturated rings. The van der Waals surface area contributed by atoms with Crippen molar-refractivity contribution in [1.29, 1.82) is 0 Å². The molecule has 26 heavy (non-hydrogen) atoms. The Hall–Kier alpha value is -1.48. The summed E-state index contributed by atoms with van der Waals surface area (Å²) in [6.45, 7) is 7.95. The summed E-state index contributed by atoms with van der Waals surface area (Å²) in [5, 5.41) is 8.72. The first-order valence-corrected chi connectivity index (χ1v) is 9.19. The fraction of sp³-hybridized carbons (Fsp3) is 0.421. The molecule has 0 aliphatic carbocycles. The second-order valence-corrected chi connectivity index (χ2v) is 7.20. The van der Waals surface area contributed by atoms with Crippen LogP contribution in [0.15, 0.2) is 40.7 Å². The number of anilines is 1. The highest BCUT2D eigenvalue weighted by molar-refractivity contribution is 14.0. The van der Waals surface area contributed by atoms with Crippen molar-refractivity contribution in [3.05, 3.63) is 40.6 Å². The van der Waals surface area contributed by atoms with E-state index in [0.29, 0.717) is 18.0 Å². The molecule has 2 N–H and O–H groups in total. The number of thiophene rings is 1. The van der Waals surface area contributed by atoms with Gasteiger partial charge in [-0.1, -0.05) is 19.9 Å². The van der Waals surface area contributed by atoms with Crippen molar-refractivity contribution in [3.63, 3.8) is 0 Å². The van der Waals surface area contributed by atoms with E-state index in [0.717, 1.165) is 18.2 Å². The van der Waals surface area contributed by atoms with Crippen LogP contribution in [0.4, 0.5) is 5.69 Å². The van der Waals surface area contributed by atoms with E-state index in [1.165, 1.54) is 4.88 Å². The standard InChI is InChI=1S/C19H27N3O2S.HI/c1-6-20-18(21-13-19(2,3)17-8-7-11-25-17)22-14-9-10-15(23-4)16(12-14)24-5;/h7-12H,6,13H2,1-5H3,(H2,20,21,22);1H. The smallest absolute Gasteiger partial charge is 0.195 e. The van der Waals surface area contributed by atoms with E-state index in [-0.39, 0.29) is 29.4 Å². The number of hydrogen-bond acceptors (Lipinski definition) is 4. The number of benzene rings is 1. The lowest BCUT2D eigenvalue weighted by molar-refractivity contribution is 0.355. The number of nitrogens with one attached hydrogen (secondary N) is 2. The van der Waals surface area contributed by atoms with Gasteiger partial charge >= 0.3 is 0 Å². The summed E-state index contributed by atoms with van der Waals surface area (Å²) in [7, 11) is 3.26. The summed E-state index contributed by atoms with van der Waals surface area (Å²) in [5.41, 5.74) is 0.889. The molecular weight excluding hydrogens is 461 g/mol. The molecule has 2 rings (SSSR count). The Morgan fingerprint density at radius 2 is 1.88 bits per heavy atom. The molecule has 0 saturated heterocycles. The molecule has 1 aromatic carbocycles. The number of rotatable bonds is 7. The van der Waals surface area contributed by atoms with Gasteiger partial charge in [0.05, 0.1) is 20.8 Å². The Labute approximate surface area is 177 Å². The van der Waals surface area contributed by atoms with Crippen LogP contribution in [0.1, 0.15) is 25.6 Å². The van der Waals surface area contributed by atoms with Gasteiger partial charge < -0.3 is 20.1 Å². The van der Waals surface area contributed by atoms with Crippen LogP contribution in [0.5, 0.6) is 11.5 Å². The van der Waals surface area contributed by atoms with E-state index in [1.54, 1.807) is 25.6 Å². The zero-order chi connectivity index (χ0) is 18.3. The van der Waals surface area contributed by atoms with Crippen molar-refractivity contribution >= 4 is 47.0 Å². The summed E-state index contributed by atoms with van der Waals surface area (Å²) >= 11 is 1.77. The maximum absolute atomic E-state index is 5.36. The summed E-state index contributed by atoms with van der Waals surface area (Å²) in [6.07, 6.45) is 0. The second kappa shape index (κ2) is 10.6. The van der Waals surface area contributed by atoms with Gasteiger partial charge in [-0.15, -0.1) is 35.3 Å². The van der Waals surface area contributed by atoms with Crippen molar-refractivity contribution in [2.24, 2.45) is 4.99 Å². The minimum absolute atomic E-state index is 0. The van der Waals surface area contributed by atoms with E-state index < -0.39 is 0 Å². The first-order chi connectivity index (χ1) is 12.0. The molecule has 0 bridgehead atoms. The summed E-state index contributed by atoms with van der Waals surface area (Å²) < 4.78 is 10.6. The topological polar surface area (TPSA) is 54.9 Å². The Kier molecular flexibility index (Phi) is 9.21. The van der Waals surface area contributed by atoms with Crippen LogP contribution in [0.25, 0.3) is 0 Å². The van der Waals surface area contributed by atoms with Gasteiger partial charge in [0.25, 0.3) is 0 Å². The van der Waals surface area contributed by atoms with Gasteiger partial charge in [-0.25, -0.2) is 0 Å². The quantitative estimate of drug-likeness (QED) is 0.335. The molecule has 0 aliphatic heterocycles. The number of nitrogens with zero attached hydrogens (tertiary/aromatic N) is 1. The number of aliphatic imine (C=N–C) groups is 1. The summed E-state index contributed by atoms with van der Waals surface area (Å²) in [6, 6.07) is 9.96. The molecule has 0 aliphatic rings. The van der Waals surface area contributed by atoms with Crippen molar-refractivity contribution in [2.45, 2.75) is 26.2 Å². The predicted molar refractivity (Wildman–Crippen MR) is 122 cm³/mol. The molecule has 0 saturated carbocycles. The van der Waals surface area contributed by atoms with E-state index in [9.17, 15) is 0 Å². The fourth-order valence-corrected chi connectivity index (χ4v) is 3.22. The van der Waals surface area contributed by atoms with Crippen molar-refractivity contribution in [3.8, 4) is 11.5 Å². The van der Waals surface area contributed by atoms with Crippen LogP contribution in [0.3, 0.4) is 0 Å². The molecular formula is C19H28IN3O2S. The highest BCUT2D eigenvalue weighted by Crippen LogP contribution is 2.30. The van der Waals surface area contributed by atoms with Gasteiger partial charge in [0.2, 0.25) is 0 Å². The Morgan fingerprint density at radius 3 is 2.46 bits per heavy atom. The van der Waals surface area contributed by atoms with Crippen LogP contribution in [-0.4, -0.2) is 33.3 Å². The van der Waals surface area contributed by atoms with Gasteiger partial charge in [-0.05, 0) is 30.5 Å². The van der Waals surface area contributed by atoms with Crippen LogP contribution < -0.4 is 20.1 Å². The monoisotopic (exact) mass is 489 g/mol. The van der Waals surface area contributed by atoms with Crippen LogP contribution in [0.2, 0.25) is 0 Å². The molecule has 1 heterocycles. The third-order valence-corrected chi connectivity index (χ3v) is 5.05. The van der Waals surface area contributed by atoms with Crippen molar-refractivity contribution < 1.29 is 9.47 Å². The molecule has 144 valence electrons. The number of guanidine groups is 1. The summed E-state index contributed by atoms with van der Waals surface area (Å²) in [4.78, 5) is 6.10. The Balaban J connectivity index is 0.00000338. The fourth-order valence-electron chi connectivity index (χ4n) is 2.38. The second-order valence-electron chi connectivity index (χ2n) is 6.25. The van der Waals surface area contributed by atoms with Gasteiger partial charge in [0.1, 0.15) is 0 Å². The average molecular weight is 489 g/mol. The number of ether oxygens (including phenoxy) is 2. The lowest BCUT2D eigenvalue weighted by atomic mass is 9.92. The van der Waals surface area contributed by atoms with E-state index in [2.05, 4.69) is 48.9 Å². The first kappa shape index (κ1) is 22.6. The first-order valence-electron chi connectivity index (χ1n) is 8.31. The lowest BCUT2D eigenvalue weighted by Gasteiger charge is -2.22. The minimum Gasteiger partial charge on any atom is -0.493 e. The number of halogens is 1. The predicted octanol–water partition coefficient (Wildman–Crippen LogP) is 4.74. The van der Waals surface area contributed by atoms with Crippen LogP contribution >= 0.6 is 35.3 Å². The molecule has 0 spiro atoms. The van der Waals surface area contributed by atoms with E-state index >= 15 is 0 Å². The molecule has 2 aromatic rings. The zero-order valence-corrected chi connectivity index (χ0v) is 19.1. The lowest BCUT2D eigenvalue weighted by Crippen LogP contribution is -2.32. The third kappa shape index (κ3) is 6.05. The van der Waals surface area contributed by atoms with Gasteiger partial charge in [-0.3, -0.25) is 4.99 Å². The largest absolute Gasteiger partial charge is 0.493 e. The van der Waals surface area contributed by atoms with Crippen molar-refractivity contribution in [2.75, 3.05) is 32.6 Å². The molecule has 0 atom stereocenters. The highest BCUT2D eigenvalue weighted by Gasteiger charge is 2.21. The normalized spacial score (nSPS) is 11.5. The molecule has 0 radical (unpaired) electrons.